The molecule has 0 spiro atoms. The molecule has 100 valence electrons. The number of benzene rings is 1. The lowest BCUT2D eigenvalue weighted by atomic mass is 10.00. The third-order valence-electron chi connectivity index (χ3n) is 3.81. The van der Waals surface area contributed by atoms with Gasteiger partial charge in [-0.1, -0.05) is 24.3 Å². The summed E-state index contributed by atoms with van der Waals surface area (Å²) < 4.78 is 5.55. The summed E-state index contributed by atoms with van der Waals surface area (Å²) >= 11 is 0. The molecule has 0 aliphatic carbocycles. The lowest BCUT2D eigenvalue weighted by Gasteiger charge is -2.42. The zero-order valence-electron chi connectivity index (χ0n) is 11.5. The Morgan fingerprint density at radius 3 is 2.67 bits per heavy atom. The highest BCUT2D eigenvalue weighted by Crippen LogP contribution is 2.20. The van der Waals surface area contributed by atoms with E-state index in [-0.39, 0.29) is 5.54 Å². The van der Waals surface area contributed by atoms with Crippen LogP contribution in [0.2, 0.25) is 0 Å². The van der Waals surface area contributed by atoms with Crippen LogP contribution in [0.5, 0.6) is 0 Å². The van der Waals surface area contributed by atoms with Crippen molar-refractivity contribution in [2.45, 2.75) is 32.4 Å². The number of rotatable bonds is 4. The second-order valence-electron chi connectivity index (χ2n) is 5.57. The summed E-state index contributed by atoms with van der Waals surface area (Å²) in [5.41, 5.74) is 8.57. The molecular weight excluding hydrogens is 224 g/mol. The Labute approximate surface area is 110 Å². The molecule has 1 saturated heterocycles. The summed E-state index contributed by atoms with van der Waals surface area (Å²) in [4.78, 5) is 2.52. The third-order valence-corrected chi connectivity index (χ3v) is 3.81. The molecule has 3 heteroatoms. The summed E-state index contributed by atoms with van der Waals surface area (Å²) in [6.45, 7) is 8.91. The second kappa shape index (κ2) is 5.83. The van der Waals surface area contributed by atoms with E-state index in [1.165, 1.54) is 11.1 Å². The minimum Gasteiger partial charge on any atom is -0.378 e. The van der Waals surface area contributed by atoms with Gasteiger partial charge in [-0.05, 0) is 31.4 Å². The number of nitrogens with two attached hydrogens (primary N) is 1. The first-order valence-corrected chi connectivity index (χ1v) is 6.73. The van der Waals surface area contributed by atoms with Crippen molar-refractivity contribution in [1.82, 2.24) is 4.90 Å². The summed E-state index contributed by atoms with van der Waals surface area (Å²) in [5, 5.41) is 0. The SMILES string of the molecule is CC1(C)COCCN1CCc1ccccc1CN. The van der Waals surface area contributed by atoms with E-state index in [1.807, 2.05) is 0 Å². The maximum atomic E-state index is 5.78. The van der Waals surface area contributed by atoms with Gasteiger partial charge in [-0.2, -0.15) is 0 Å². The van der Waals surface area contributed by atoms with E-state index in [0.29, 0.717) is 6.54 Å². The molecule has 1 fully saturated rings. The summed E-state index contributed by atoms with van der Waals surface area (Å²) in [5.74, 6) is 0. The molecule has 3 nitrogen and oxygen atoms in total. The summed E-state index contributed by atoms with van der Waals surface area (Å²) in [6.07, 6.45) is 1.07. The third kappa shape index (κ3) is 3.10. The first kappa shape index (κ1) is 13.5. The highest BCUT2D eigenvalue weighted by molar-refractivity contribution is 5.27. The fourth-order valence-electron chi connectivity index (χ4n) is 2.56. The van der Waals surface area contributed by atoms with Gasteiger partial charge in [0, 0.05) is 25.2 Å². The van der Waals surface area contributed by atoms with Crippen LogP contribution in [0.1, 0.15) is 25.0 Å². The normalized spacial score (nSPS) is 19.9. The van der Waals surface area contributed by atoms with Crippen LogP contribution in [0, 0.1) is 0 Å². The van der Waals surface area contributed by atoms with Gasteiger partial charge in [-0.3, -0.25) is 4.90 Å². The molecule has 1 aromatic carbocycles. The number of ether oxygens (including phenoxy) is 1. The number of morpholine rings is 1. The lowest BCUT2D eigenvalue weighted by molar-refractivity contribution is -0.0502. The molecule has 0 unspecified atom stereocenters. The Morgan fingerprint density at radius 1 is 1.28 bits per heavy atom. The zero-order chi connectivity index (χ0) is 13.0. The van der Waals surface area contributed by atoms with E-state index in [4.69, 9.17) is 10.5 Å². The molecule has 18 heavy (non-hydrogen) atoms. The standard InChI is InChI=1S/C15H24N2O/c1-15(2)12-18-10-9-17(15)8-7-13-5-3-4-6-14(13)11-16/h3-6H,7-12,16H2,1-2H3. The smallest absolute Gasteiger partial charge is 0.0645 e. The molecule has 1 aliphatic rings. The van der Waals surface area contributed by atoms with Gasteiger partial charge in [0.15, 0.2) is 0 Å². The van der Waals surface area contributed by atoms with Gasteiger partial charge in [0.2, 0.25) is 0 Å². The van der Waals surface area contributed by atoms with Crippen molar-refractivity contribution < 1.29 is 4.74 Å². The van der Waals surface area contributed by atoms with E-state index in [2.05, 4.69) is 43.0 Å². The Kier molecular flexibility index (Phi) is 4.38. The minimum absolute atomic E-state index is 0.149. The van der Waals surface area contributed by atoms with Crippen molar-refractivity contribution in [2.75, 3.05) is 26.3 Å². The van der Waals surface area contributed by atoms with Crippen molar-refractivity contribution in [3.05, 3.63) is 35.4 Å². The zero-order valence-corrected chi connectivity index (χ0v) is 11.5. The Morgan fingerprint density at radius 2 is 2.00 bits per heavy atom. The number of nitrogens with zero attached hydrogens (tertiary/aromatic N) is 1. The van der Waals surface area contributed by atoms with Crippen LogP contribution in [-0.2, 0) is 17.7 Å². The van der Waals surface area contributed by atoms with Crippen LogP contribution < -0.4 is 5.73 Å². The van der Waals surface area contributed by atoms with Crippen molar-refractivity contribution in [3.8, 4) is 0 Å². The maximum Gasteiger partial charge on any atom is 0.0645 e. The molecule has 2 rings (SSSR count). The van der Waals surface area contributed by atoms with Crippen molar-refractivity contribution in [2.24, 2.45) is 5.73 Å². The van der Waals surface area contributed by atoms with Crippen molar-refractivity contribution in [3.63, 3.8) is 0 Å². The predicted molar refractivity (Wildman–Crippen MR) is 74.5 cm³/mol. The van der Waals surface area contributed by atoms with E-state index in [1.54, 1.807) is 0 Å². The second-order valence-corrected chi connectivity index (χ2v) is 5.57. The molecule has 0 aromatic heterocycles. The molecule has 0 radical (unpaired) electrons. The fourth-order valence-corrected chi connectivity index (χ4v) is 2.56. The van der Waals surface area contributed by atoms with Crippen LogP contribution in [0.25, 0.3) is 0 Å². The molecule has 1 aromatic rings. The topological polar surface area (TPSA) is 38.5 Å². The fraction of sp³-hybridized carbons (Fsp3) is 0.600. The van der Waals surface area contributed by atoms with Gasteiger partial charge < -0.3 is 10.5 Å². The molecule has 0 amide bonds. The van der Waals surface area contributed by atoms with Gasteiger partial charge in [0.25, 0.3) is 0 Å². The van der Waals surface area contributed by atoms with Crippen LogP contribution in [0.3, 0.4) is 0 Å². The quantitative estimate of drug-likeness (QED) is 0.883. The van der Waals surface area contributed by atoms with E-state index >= 15 is 0 Å². The molecule has 0 bridgehead atoms. The first-order valence-electron chi connectivity index (χ1n) is 6.73. The number of hydrogen-bond donors (Lipinski definition) is 1. The Hall–Kier alpha value is -0.900. The van der Waals surface area contributed by atoms with E-state index < -0.39 is 0 Å². The van der Waals surface area contributed by atoms with Gasteiger partial charge >= 0.3 is 0 Å². The van der Waals surface area contributed by atoms with Gasteiger partial charge in [0.1, 0.15) is 0 Å². The van der Waals surface area contributed by atoms with Gasteiger partial charge in [0.05, 0.1) is 13.2 Å². The van der Waals surface area contributed by atoms with Crippen LogP contribution in [0.15, 0.2) is 24.3 Å². The molecule has 2 N–H and O–H groups in total. The van der Waals surface area contributed by atoms with Gasteiger partial charge in [-0.25, -0.2) is 0 Å². The average molecular weight is 248 g/mol. The van der Waals surface area contributed by atoms with Gasteiger partial charge in [-0.15, -0.1) is 0 Å². The summed E-state index contributed by atoms with van der Waals surface area (Å²) in [6, 6.07) is 8.47. The number of hydrogen-bond acceptors (Lipinski definition) is 3. The lowest BCUT2D eigenvalue weighted by Crippen LogP contribution is -2.53. The molecule has 0 atom stereocenters. The van der Waals surface area contributed by atoms with Crippen LogP contribution in [0.4, 0.5) is 0 Å². The van der Waals surface area contributed by atoms with Crippen LogP contribution in [-0.4, -0.2) is 36.7 Å². The maximum absolute atomic E-state index is 5.78. The van der Waals surface area contributed by atoms with E-state index in [0.717, 1.165) is 32.7 Å². The van der Waals surface area contributed by atoms with Crippen LogP contribution >= 0.6 is 0 Å². The average Bonchev–Trinajstić information content (AvgIpc) is 2.37. The molecule has 1 aliphatic heterocycles. The van der Waals surface area contributed by atoms with E-state index in [9.17, 15) is 0 Å². The predicted octanol–water partition coefficient (Wildman–Crippen LogP) is 1.80. The summed E-state index contributed by atoms with van der Waals surface area (Å²) in [7, 11) is 0. The van der Waals surface area contributed by atoms with Crippen molar-refractivity contribution >= 4 is 0 Å². The first-order chi connectivity index (χ1) is 8.63. The molecule has 0 saturated carbocycles. The Balaban J connectivity index is 1.98. The minimum atomic E-state index is 0.149. The van der Waals surface area contributed by atoms with Crippen molar-refractivity contribution in [1.29, 1.82) is 0 Å². The highest BCUT2D eigenvalue weighted by atomic mass is 16.5. The molecular formula is C15H24N2O. The highest BCUT2D eigenvalue weighted by Gasteiger charge is 2.29. The monoisotopic (exact) mass is 248 g/mol. The Bertz CT molecular complexity index is 390. The molecule has 1 heterocycles. The largest absolute Gasteiger partial charge is 0.378 e.